The van der Waals surface area contributed by atoms with E-state index in [2.05, 4.69) is 20.9 Å². The second kappa shape index (κ2) is 3.53. The van der Waals surface area contributed by atoms with E-state index >= 15 is 0 Å². The molecule has 0 amide bonds. The van der Waals surface area contributed by atoms with Crippen molar-refractivity contribution >= 4 is 21.9 Å². The second-order valence-corrected chi connectivity index (χ2v) is 2.82. The maximum absolute atomic E-state index is 10.4. The zero-order chi connectivity index (χ0) is 9.14. The standard InChI is InChI=1S/C7H6BrNO3/c1-12-6-3-4(7(10)11)2-5(8)9-6/h2-3H,1H3,(H,10,11)/p-1. The van der Waals surface area contributed by atoms with E-state index in [0.717, 1.165) is 0 Å². The van der Waals surface area contributed by atoms with E-state index in [-0.39, 0.29) is 11.4 Å². The number of methoxy groups -OCH3 is 1. The van der Waals surface area contributed by atoms with Gasteiger partial charge in [-0.05, 0) is 22.0 Å². The number of carboxylic acids is 1. The topological polar surface area (TPSA) is 62.2 Å². The Morgan fingerprint density at radius 2 is 2.33 bits per heavy atom. The van der Waals surface area contributed by atoms with Crippen molar-refractivity contribution in [2.75, 3.05) is 7.11 Å². The molecule has 0 N–H and O–H groups in total. The quantitative estimate of drug-likeness (QED) is 0.683. The van der Waals surface area contributed by atoms with Gasteiger partial charge in [0.15, 0.2) is 0 Å². The van der Waals surface area contributed by atoms with E-state index in [9.17, 15) is 9.90 Å². The lowest BCUT2D eigenvalue weighted by molar-refractivity contribution is -0.255. The van der Waals surface area contributed by atoms with Gasteiger partial charge in [0.1, 0.15) is 4.60 Å². The number of pyridine rings is 1. The van der Waals surface area contributed by atoms with E-state index in [4.69, 9.17) is 4.74 Å². The van der Waals surface area contributed by atoms with Gasteiger partial charge in [-0.15, -0.1) is 0 Å². The molecule has 0 aliphatic carbocycles. The molecule has 0 fully saturated rings. The molecule has 1 heterocycles. The van der Waals surface area contributed by atoms with Crippen molar-refractivity contribution in [2.45, 2.75) is 0 Å². The fourth-order valence-corrected chi connectivity index (χ4v) is 1.12. The summed E-state index contributed by atoms with van der Waals surface area (Å²) in [5, 5.41) is 10.4. The van der Waals surface area contributed by atoms with Gasteiger partial charge in [0.25, 0.3) is 0 Å². The van der Waals surface area contributed by atoms with Crippen LogP contribution >= 0.6 is 15.9 Å². The summed E-state index contributed by atoms with van der Waals surface area (Å²) in [5.74, 6) is -1.01. The molecule has 0 aromatic carbocycles. The lowest BCUT2D eigenvalue weighted by Gasteiger charge is -2.04. The zero-order valence-electron chi connectivity index (χ0n) is 6.20. The highest BCUT2D eigenvalue weighted by Crippen LogP contribution is 2.15. The predicted octanol–water partition coefficient (Wildman–Crippen LogP) is 0.216. The minimum Gasteiger partial charge on any atom is -0.545 e. The van der Waals surface area contributed by atoms with Crippen LogP contribution in [0.5, 0.6) is 5.88 Å². The van der Waals surface area contributed by atoms with E-state index in [1.807, 2.05) is 0 Å². The van der Waals surface area contributed by atoms with Crippen molar-refractivity contribution in [2.24, 2.45) is 0 Å². The van der Waals surface area contributed by atoms with E-state index in [1.54, 1.807) is 0 Å². The fourth-order valence-electron chi connectivity index (χ4n) is 0.695. The molecule has 0 radical (unpaired) electrons. The Bertz CT molecular complexity index is 314. The summed E-state index contributed by atoms with van der Waals surface area (Å²) in [7, 11) is 1.41. The number of aromatic nitrogens is 1. The van der Waals surface area contributed by atoms with Crippen molar-refractivity contribution in [3.05, 3.63) is 22.3 Å². The molecule has 0 unspecified atom stereocenters. The Morgan fingerprint density at radius 3 is 2.83 bits per heavy atom. The Balaban J connectivity index is 3.15. The monoisotopic (exact) mass is 230 g/mol. The molecule has 1 aromatic heterocycles. The van der Waals surface area contributed by atoms with Crippen LogP contribution in [-0.4, -0.2) is 18.1 Å². The first kappa shape index (κ1) is 8.99. The Hall–Kier alpha value is -1.10. The molecule has 0 bridgehead atoms. The third-order valence-electron chi connectivity index (χ3n) is 1.22. The molecule has 0 saturated carbocycles. The number of hydrogen-bond donors (Lipinski definition) is 0. The number of ether oxygens (including phenoxy) is 1. The lowest BCUT2D eigenvalue weighted by Crippen LogP contribution is -2.22. The van der Waals surface area contributed by atoms with Crippen LogP contribution in [0.3, 0.4) is 0 Å². The first-order valence-corrected chi connectivity index (χ1v) is 3.85. The number of carbonyl (C=O) groups excluding carboxylic acids is 1. The average molecular weight is 231 g/mol. The van der Waals surface area contributed by atoms with Crippen LogP contribution in [0.4, 0.5) is 0 Å². The van der Waals surface area contributed by atoms with Crippen molar-refractivity contribution in [3.8, 4) is 5.88 Å². The van der Waals surface area contributed by atoms with Gasteiger partial charge in [0, 0.05) is 11.6 Å². The largest absolute Gasteiger partial charge is 0.545 e. The highest BCUT2D eigenvalue weighted by molar-refractivity contribution is 9.10. The molecule has 0 atom stereocenters. The summed E-state index contributed by atoms with van der Waals surface area (Å²) < 4.78 is 5.16. The number of nitrogens with zero attached hydrogens (tertiary/aromatic N) is 1. The first-order chi connectivity index (χ1) is 5.63. The molecular formula is C7H5BrNO3-. The van der Waals surface area contributed by atoms with E-state index < -0.39 is 5.97 Å². The minimum absolute atomic E-state index is 0.0359. The van der Waals surface area contributed by atoms with Crippen molar-refractivity contribution in [1.82, 2.24) is 4.98 Å². The fraction of sp³-hybridized carbons (Fsp3) is 0.143. The molecule has 0 aliphatic rings. The summed E-state index contributed by atoms with van der Waals surface area (Å²) in [6.07, 6.45) is 0. The van der Waals surface area contributed by atoms with E-state index in [0.29, 0.717) is 4.60 Å². The molecule has 4 nitrogen and oxygen atoms in total. The summed E-state index contributed by atoms with van der Waals surface area (Å²) in [6.45, 7) is 0. The van der Waals surface area contributed by atoms with Crippen molar-refractivity contribution < 1.29 is 14.6 Å². The summed E-state index contributed by atoms with van der Waals surface area (Å²) >= 11 is 3.04. The van der Waals surface area contributed by atoms with Gasteiger partial charge in [0.2, 0.25) is 5.88 Å². The third-order valence-corrected chi connectivity index (χ3v) is 1.62. The van der Waals surface area contributed by atoms with Gasteiger partial charge < -0.3 is 14.6 Å². The van der Waals surface area contributed by atoms with Crippen LogP contribution in [0.1, 0.15) is 10.4 Å². The Morgan fingerprint density at radius 1 is 1.67 bits per heavy atom. The molecule has 0 aliphatic heterocycles. The van der Waals surface area contributed by atoms with Crippen LogP contribution in [0.15, 0.2) is 16.7 Å². The SMILES string of the molecule is COc1cc(C(=O)[O-])cc(Br)n1. The number of carboxylic acid groups (broad SMARTS) is 1. The normalized spacial score (nSPS) is 9.50. The summed E-state index contributed by atoms with van der Waals surface area (Å²) in [5.41, 5.74) is 0.0359. The smallest absolute Gasteiger partial charge is 0.214 e. The van der Waals surface area contributed by atoms with Gasteiger partial charge in [-0.1, -0.05) is 0 Å². The third kappa shape index (κ3) is 1.94. The molecule has 1 rings (SSSR count). The van der Waals surface area contributed by atoms with Crippen molar-refractivity contribution in [1.29, 1.82) is 0 Å². The van der Waals surface area contributed by atoms with Crippen LogP contribution in [-0.2, 0) is 0 Å². The number of aromatic carboxylic acids is 1. The molecule has 64 valence electrons. The van der Waals surface area contributed by atoms with Crippen LogP contribution in [0, 0.1) is 0 Å². The molecule has 1 aromatic rings. The summed E-state index contributed by atoms with van der Waals surface area (Å²) in [4.78, 5) is 14.2. The van der Waals surface area contributed by atoms with Gasteiger partial charge in [-0.2, -0.15) is 0 Å². The lowest BCUT2D eigenvalue weighted by atomic mass is 10.3. The number of rotatable bonds is 2. The highest BCUT2D eigenvalue weighted by atomic mass is 79.9. The predicted molar refractivity (Wildman–Crippen MR) is 42.8 cm³/mol. The molecular weight excluding hydrogens is 226 g/mol. The van der Waals surface area contributed by atoms with Gasteiger partial charge >= 0.3 is 0 Å². The first-order valence-electron chi connectivity index (χ1n) is 3.06. The molecule has 0 spiro atoms. The maximum atomic E-state index is 10.4. The minimum atomic E-state index is -1.25. The van der Waals surface area contributed by atoms with E-state index in [1.165, 1.54) is 19.2 Å². The average Bonchev–Trinajstić information content (AvgIpc) is 2.03. The van der Waals surface area contributed by atoms with Crippen LogP contribution in [0.25, 0.3) is 0 Å². The van der Waals surface area contributed by atoms with Crippen LogP contribution in [0.2, 0.25) is 0 Å². The van der Waals surface area contributed by atoms with Crippen molar-refractivity contribution in [3.63, 3.8) is 0 Å². The second-order valence-electron chi connectivity index (χ2n) is 2.01. The van der Waals surface area contributed by atoms with Gasteiger partial charge in [0.05, 0.1) is 13.1 Å². The molecule has 5 heteroatoms. The van der Waals surface area contributed by atoms with Crippen LogP contribution < -0.4 is 9.84 Å². The molecule has 0 saturated heterocycles. The number of hydrogen-bond acceptors (Lipinski definition) is 4. The maximum Gasteiger partial charge on any atom is 0.214 e. The number of halogens is 1. The Labute approximate surface area is 77.3 Å². The van der Waals surface area contributed by atoms with Gasteiger partial charge in [-0.3, -0.25) is 0 Å². The number of carbonyl (C=O) groups is 1. The Kier molecular flexibility index (Phi) is 2.65. The molecule has 12 heavy (non-hydrogen) atoms. The van der Waals surface area contributed by atoms with Gasteiger partial charge in [-0.25, -0.2) is 4.98 Å². The zero-order valence-corrected chi connectivity index (χ0v) is 7.79. The summed E-state index contributed by atoms with van der Waals surface area (Å²) in [6, 6.07) is 2.64. The highest BCUT2D eigenvalue weighted by Gasteiger charge is 2.00.